The van der Waals surface area contributed by atoms with E-state index in [-0.39, 0.29) is 17.2 Å². The second kappa shape index (κ2) is 5.90. The van der Waals surface area contributed by atoms with Crippen LogP contribution < -0.4 is 11.1 Å². The number of amides is 1. The minimum atomic E-state index is -1.07. The maximum atomic E-state index is 11.4. The number of nitrogen functional groups attached to an aromatic ring is 1. The maximum Gasteiger partial charge on any atom is 0.337 e. The summed E-state index contributed by atoms with van der Waals surface area (Å²) in [6.07, 6.45) is 0.323. The van der Waals surface area contributed by atoms with Crippen LogP contribution >= 0.6 is 0 Å². The number of carbonyl (C=O) groups is 2. The number of carbonyl (C=O) groups excluding carboxylic acids is 1. The van der Waals surface area contributed by atoms with Gasteiger partial charge in [-0.05, 0) is 12.1 Å². The number of anilines is 2. The minimum Gasteiger partial charge on any atom is -0.478 e. The topological polar surface area (TPSA) is 95.7 Å². The van der Waals surface area contributed by atoms with E-state index in [9.17, 15) is 9.59 Å². The SMILES string of the molecule is CN(C)C(=O)CCNc1cccc(C(=O)O)c1N. The molecule has 4 N–H and O–H groups in total. The molecule has 0 unspecified atom stereocenters. The summed E-state index contributed by atoms with van der Waals surface area (Å²) >= 11 is 0. The lowest BCUT2D eigenvalue weighted by molar-refractivity contribution is -0.128. The molecule has 0 radical (unpaired) electrons. The Morgan fingerprint density at radius 2 is 2.06 bits per heavy atom. The lowest BCUT2D eigenvalue weighted by atomic mass is 10.1. The Hall–Kier alpha value is -2.24. The largest absolute Gasteiger partial charge is 0.478 e. The Kier molecular flexibility index (Phi) is 4.53. The predicted octanol–water partition coefficient (Wildman–Crippen LogP) is 0.857. The van der Waals surface area contributed by atoms with Gasteiger partial charge in [0.1, 0.15) is 0 Å². The summed E-state index contributed by atoms with van der Waals surface area (Å²) in [7, 11) is 3.36. The average Bonchev–Trinajstić information content (AvgIpc) is 2.30. The van der Waals surface area contributed by atoms with Gasteiger partial charge in [-0.3, -0.25) is 4.79 Å². The highest BCUT2D eigenvalue weighted by Crippen LogP contribution is 2.22. The average molecular weight is 251 g/mol. The molecule has 0 spiro atoms. The van der Waals surface area contributed by atoms with Crippen molar-refractivity contribution in [2.24, 2.45) is 0 Å². The number of benzene rings is 1. The smallest absolute Gasteiger partial charge is 0.337 e. The highest BCUT2D eigenvalue weighted by Gasteiger charge is 2.11. The van der Waals surface area contributed by atoms with E-state index in [1.54, 1.807) is 26.2 Å². The molecule has 0 saturated carbocycles. The number of carboxylic acids is 1. The first-order valence-electron chi connectivity index (χ1n) is 5.49. The van der Waals surface area contributed by atoms with E-state index in [0.717, 1.165) is 0 Å². The van der Waals surface area contributed by atoms with Crippen LogP contribution in [0.1, 0.15) is 16.8 Å². The van der Waals surface area contributed by atoms with Crippen molar-refractivity contribution in [2.45, 2.75) is 6.42 Å². The fraction of sp³-hybridized carbons (Fsp3) is 0.333. The molecule has 0 aromatic heterocycles. The Bertz CT molecular complexity index is 458. The summed E-state index contributed by atoms with van der Waals surface area (Å²) in [5, 5.41) is 11.9. The molecule has 18 heavy (non-hydrogen) atoms. The van der Waals surface area contributed by atoms with Crippen LogP contribution in [0.4, 0.5) is 11.4 Å². The minimum absolute atomic E-state index is 0.00420. The van der Waals surface area contributed by atoms with Crippen molar-refractivity contribution in [2.75, 3.05) is 31.7 Å². The van der Waals surface area contributed by atoms with Crippen molar-refractivity contribution in [3.8, 4) is 0 Å². The van der Waals surface area contributed by atoms with Crippen LogP contribution in [0, 0.1) is 0 Å². The van der Waals surface area contributed by atoms with E-state index in [4.69, 9.17) is 10.8 Å². The zero-order chi connectivity index (χ0) is 13.7. The van der Waals surface area contributed by atoms with Crippen molar-refractivity contribution in [3.63, 3.8) is 0 Å². The number of aromatic carboxylic acids is 1. The van der Waals surface area contributed by atoms with Crippen molar-refractivity contribution >= 4 is 23.3 Å². The highest BCUT2D eigenvalue weighted by atomic mass is 16.4. The van der Waals surface area contributed by atoms with Crippen LogP contribution in [-0.2, 0) is 4.79 Å². The quantitative estimate of drug-likeness (QED) is 0.674. The number of rotatable bonds is 5. The molecule has 1 aromatic carbocycles. The van der Waals surface area contributed by atoms with Gasteiger partial charge in [0.15, 0.2) is 0 Å². The maximum absolute atomic E-state index is 11.4. The Morgan fingerprint density at radius 1 is 1.39 bits per heavy atom. The van der Waals surface area contributed by atoms with E-state index < -0.39 is 5.97 Å². The zero-order valence-corrected chi connectivity index (χ0v) is 10.4. The fourth-order valence-corrected chi connectivity index (χ4v) is 1.43. The summed E-state index contributed by atoms with van der Waals surface area (Å²) in [5.41, 5.74) is 6.49. The first-order valence-corrected chi connectivity index (χ1v) is 5.49. The molecule has 0 saturated heterocycles. The van der Waals surface area contributed by atoms with Crippen molar-refractivity contribution in [3.05, 3.63) is 23.8 Å². The number of para-hydroxylation sites is 1. The first kappa shape index (κ1) is 13.8. The third kappa shape index (κ3) is 3.38. The van der Waals surface area contributed by atoms with Gasteiger partial charge in [-0.1, -0.05) is 6.07 Å². The molecule has 6 nitrogen and oxygen atoms in total. The molecule has 0 atom stereocenters. The number of hydrogen-bond acceptors (Lipinski definition) is 4. The lowest BCUT2D eigenvalue weighted by Gasteiger charge is -2.13. The van der Waals surface area contributed by atoms with Crippen LogP contribution in [0.2, 0.25) is 0 Å². The standard InChI is InChI=1S/C12H17N3O3/c1-15(2)10(16)6-7-14-9-5-3-4-8(11(9)13)12(17)18/h3-5,14H,6-7,13H2,1-2H3,(H,17,18). The van der Waals surface area contributed by atoms with Crippen molar-refractivity contribution < 1.29 is 14.7 Å². The molecule has 0 aliphatic carbocycles. The first-order chi connectivity index (χ1) is 8.43. The third-order valence-electron chi connectivity index (χ3n) is 2.49. The van der Waals surface area contributed by atoms with Crippen LogP contribution in [0.25, 0.3) is 0 Å². The summed E-state index contributed by atoms with van der Waals surface area (Å²) < 4.78 is 0. The summed E-state index contributed by atoms with van der Waals surface area (Å²) in [4.78, 5) is 23.7. The Labute approximate surface area is 105 Å². The molecule has 6 heteroatoms. The Morgan fingerprint density at radius 3 is 2.61 bits per heavy atom. The van der Waals surface area contributed by atoms with E-state index in [1.165, 1.54) is 11.0 Å². The molecule has 1 amide bonds. The van der Waals surface area contributed by atoms with Gasteiger partial charge >= 0.3 is 5.97 Å². The second-order valence-corrected chi connectivity index (χ2v) is 4.04. The molecule has 0 bridgehead atoms. The third-order valence-corrected chi connectivity index (χ3v) is 2.49. The number of hydrogen-bond donors (Lipinski definition) is 3. The molecule has 0 fully saturated rings. The number of nitrogens with one attached hydrogen (secondary N) is 1. The normalized spacial score (nSPS) is 9.89. The van der Waals surface area contributed by atoms with Crippen LogP contribution in [0.3, 0.4) is 0 Å². The van der Waals surface area contributed by atoms with E-state index in [0.29, 0.717) is 18.7 Å². The summed E-state index contributed by atoms with van der Waals surface area (Å²) in [6, 6.07) is 4.73. The van der Waals surface area contributed by atoms with E-state index >= 15 is 0 Å². The van der Waals surface area contributed by atoms with E-state index in [2.05, 4.69) is 5.32 Å². The van der Waals surface area contributed by atoms with Gasteiger partial charge in [0.2, 0.25) is 5.91 Å². The monoisotopic (exact) mass is 251 g/mol. The lowest BCUT2D eigenvalue weighted by Crippen LogP contribution is -2.24. The van der Waals surface area contributed by atoms with Crippen molar-refractivity contribution in [1.82, 2.24) is 4.90 Å². The van der Waals surface area contributed by atoms with Crippen LogP contribution in [0.5, 0.6) is 0 Å². The number of nitrogens with two attached hydrogens (primary N) is 1. The van der Waals surface area contributed by atoms with Gasteiger partial charge < -0.3 is 21.1 Å². The molecule has 1 aromatic rings. The predicted molar refractivity (Wildman–Crippen MR) is 69.6 cm³/mol. The van der Waals surface area contributed by atoms with E-state index in [1.807, 2.05) is 0 Å². The van der Waals surface area contributed by atoms with Gasteiger partial charge in [0.05, 0.1) is 16.9 Å². The molecule has 98 valence electrons. The van der Waals surface area contributed by atoms with Crippen LogP contribution in [0.15, 0.2) is 18.2 Å². The van der Waals surface area contributed by atoms with Crippen LogP contribution in [-0.4, -0.2) is 42.5 Å². The van der Waals surface area contributed by atoms with Gasteiger partial charge in [-0.2, -0.15) is 0 Å². The highest BCUT2D eigenvalue weighted by molar-refractivity contribution is 5.97. The summed E-state index contributed by atoms with van der Waals surface area (Å²) in [5.74, 6) is -1.07. The fourth-order valence-electron chi connectivity index (χ4n) is 1.43. The molecule has 0 heterocycles. The number of carboxylic acid groups (broad SMARTS) is 1. The van der Waals surface area contributed by atoms with Crippen molar-refractivity contribution in [1.29, 1.82) is 0 Å². The molecular formula is C12H17N3O3. The van der Waals surface area contributed by atoms with Gasteiger partial charge in [-0.15, -0.1) is 0 Å². The van der Waals surface area contributed by atoms with Gasteiger partial charge in [0.25, 0.3) is 0 Å². The van der Waals surface area contributed by atoms with Gasteiger partial charge in [0, 0.05) is 27.1 Å². The molecule has 0 aliphatic rings. The Balaban J connectivity index is 2.66. The molecular weight excluding hydrogens is 234 g/mol. The molecule has 1 rings (SSSR count). The zero-order valence-electron chi connectivity index (χ0n) is 10.4. The molecule has 0 aliphatic heterocycles. The van der Waals surface area contributed by atoms with Gasteiger partial charge in [-0.25, -0.2) is 4.79 Å². The summed E-state index contributed by atoms with van der Waals surface area (Å²) in [6.45, 7) is 0.407. The number of nitrogens with zero attached hydrogens (tertiary/aromatic N) is 1. The second-order valence-electron chi connectivity index (χ2n) is 4.04.